The highest BCUT2D eigenvalue weighted by molar-refractivity contribution is 14.1. The minimum absolute atomic E-state index is 0.0284. The van der Waals surface area contributed by atoms with Crippen LogP contribution in [0.25, 0.3) is 11.0 Å². The largest absolute Gasteiger partial charge is 0.493 e. The highest BCUT2D eigenvalue weighted by Crippen LogP contribution is 2.37. The summed E-state index contributed by atoms with van der Waals surface area (Å²) in [5.74, 6) is -0.843. The Morgan fingerprint density at radius 3 is 2.60 bits per heavy atom. The van der Waals surface area contributed by atoms with Crippen molar-refractivity contribution in [3.8, 4) is 11.5 Å². The summed E-state index contributed by atoms with van der Waals surface area (Å²) < 4.78 is 17.7. The third-order valence-corrected chi connectivity index (χ3v) is 8.71. The molecule has 1 aliphatic carbocycles. The van der Waals surface area contributed by atoms with Crippen molar-refractivity contribution in [3.05, 3.63) is 114 Å². The summed E-state index contributed by atoms with van der Waals surface area (Å²) in [5.41, 5.74) is 0.340. The first kappa shape index (κ1) is 34.1. The highest BCUT2D eigenvalue weighted by atomic mass is 127. The summed E-state index contributed by atoms with van der Waals surface area (Å²) in [6.07, 6.45) is -0.616. The van der Waals surface area contributed by atoms with Gasteiger partial charge in [0.1, 0.15) is 29.6 Å². The van der Waals surface area contributed by atoms with Crippen LogP contribution in [0, 0.1) is 3.57 Å². The van der Waals surface area contributed by atoms with Crippen LogP contribution in [0.15, 0.2) is 87.6 Å². The minimum Gasteiger partial charge on any atom is -0.493 e. The van der Waals surface area contributed by atoms with Crippen molar-refractivity contribution in [1.82, 2.24) is 10.2 Å². The van der Waals surface area contributed by atoms with E-state index < -0.39 is 35.7 Å². The van der Waals surface area contributed by atoms with Crippen LogP contribution < -0.4 is 20.4 Å². The fourth-order valence-corrected chi connectivity index (χ4v) is 6.21. The van der Waals surface area contributed by atoms with Gasteiger partial charge >= 0.3 is 5.63 Å². The summed E-state index contributed by atoms with van der Waals surface area (Å²) in [7, 11) is 1.40. The second-order valence-electron chi connectivity index (χ2n) is 10.7. The van der Waals surface area contributed by atoms with Gasteiger partial charge < -0.3 is 34.3 Å². The van der Waals surface area contributed by atoms with Crippen LogP contribution in [0.3, 0.4) is 0 Å². The topological polar surface area (TPSA) is 156 Å². The molecule has 0 aliphatic heterocycles. The first-order valence-corrected chi connectivity index (χ1v) is 15.9. The molecule has 1 aliphatic rings. The summed E-state index contributed by atoms with van der Waals surface area (Å²) in [6, 6.07) is 16.9. The number of carbonyl (C=O) groups is 3. The van der Waals surface area contributed by atoms with Gasteiger partial charge in [-0.2, -0.15) is 0 Å². The number of halogens is 2. The second-order valence-corrected chi connectivity index (χ2v) is 12.3. The molecule has 3 aromatic carbocycles. The van der Waals surface area contributed by atoms with Crippen LogP contribution >= 0.6 is 34.2 Å². The summed E-state index contributed by atoms with van der Waals surface area (Å²) in [5, 5.41) is 24.8. The number of carbonyl (C=O) groups excluding carboxylic acids is 3. The zero-order valence-corrected chi connectivity index (χ0v) is 27.9. The molecule has 3 unspecified atom stereocenters. The number of para-hydroxylation sites is 1. The quantitative estimate of drug-likeness (QED) is 0.116. The number of amides is 2. The Morgan fingerprint density at radius 2 is 1.89 bits per heavy atom. The fraction of sp³-hybridized carbons (Fsp3) is 0.235. The van der Waals surface area contributed by atoms with E-state index in [1.165, 1.54) is 30.2 Å². The third kappa shape index (κ3) is 7.67. The first-order valence-electron chi connectivity index (χ1n) is 14.5. The number of aliphatic hydroxyl groups excluding tert-OH is 2. The highest BCUT2D eigenvalue weighted by Gasteiger charge is 2.42. The van der Waals surface area contributed by atoms with Crippen molar-refractivity contribution in [1.29, 1.82) is 0 Å². The van der Waals surface area contributed by atoms with Gasteiger partial charge in [0, 0.05) is 41.1 Å². The SMILES string of the molecule is COc1cc(C=O)cc(I)c1OC1C=C(C(=O)NCCO)CC(N(Cc2ccc(Cl)cc2)C(=O)c2cc3ccccc3oc2=O)C1O. The van der Waals surface area contributed by atoms with Gasteiger partial charge in [0.2, 0.25) is 5.91 Å². The van der Waals surface area contributed by atoms with E-state index in [2.05, 4.69) is 5.32 Å². The molecule has 2 amide bonds. The number of aldehydes is 1. The van der Waals surface area contributed by atoms with E-state index >= 15 is 0 Å². The number of ether oxygens (including phenoxy) is 2. The van der Waals surface area contributed by atoms with Gasteiger partial charge in [-0.05, 0) is 70.6 Å². The number of hydrogen-bond acceptors (Lipinski definition) is 9. The average molecular weight is 773 g/mol. The number of methoxy groups -OCH3 is 1. The molecule has 0 fully saturated rings. The smallest absolute Gasteiger partial charge is 0.349 e. The molecule has 5 rings (SSSR count). The van der Waals surface area contributed by atoms with Crippen LogP contribution in [0.1, 0.15) is 32.7 Å². The van der Waals surface area contributed by atoms with E-state index in [1.54, 1.807) is 54.6 Å². The molecule has 0 saturated heterocycles. The third-order valence-electron chi connectivity index (χ3n) is 7.66. The van der Waals surface area contributed by atoms with Gasteiger partial charge in [0.25, 0.3) is 5.91 Å². The summed E-state index contributed by atoms with van der Waals surface area (Å²) in [4.78, 5) is 53.5. The van der Waals surface area contributed by atoms with E-state index in [1.807, 2.05) is 22.6 Å². The van der Waals surface area contributed by atoms with E-state index in [0.717, 1.165) is 0 Å². The Hall–Kier alpha value is -4.24. The van der Waals surface area contributed by atoms with Crippen molar-refractivity contribution in [2.75, 3.05) is 20.3 Å². The Balaban J connectivity index is 1.60. The molecule has 1 aromatic heterocycles. The lowest BCUT2D eigenvalue weighted by molar-refractivity contribution is -0.118. The van der Waals surface area contributed by atoms with Gasteiger partial charge in [0.15, 0.2) is 11.5 Å². The maximum atomic E-state index is 14.3. The molecule has 3 N–H and O–H groups in total. The predicted molar refractivity (Wildman–Crippen MR) is 182 cm³/mol. The molecule has 47 heavy (non-hydrogen) atoms. The molecule has 0 radical (unpaired) electrons. The number of hydrogen-bond donors (Lipinski definition) is 3. The molecule has 0 saturated carbocycles. The standard InChI is InChI=1S/C34H30ClIN2O9/c1-45-29-13-20(18-40)12-25(36)31(29)46-28-16-22(32(42)37-10-11-39)15-26(30(28)41)38(17-19-6-8-23(35)9-7-19)33(43)24-14-21-4-2-3-5-27(21)47-34(24)44/h2-9,12-14,16,18,26,28,30,39,41H,10-11,15,17H2,1H3,(H,37,42). The molecule has 1 heterocycles. The Labute approximate surface area is 287 Å². The maximum absolute atomic E-state index is 14.3. The number of nitrogens with one attached hydrogen (secondary N) is 1. The van der Waals surface area contributed by atoms with E-state index in [9.17, 15) is 29.4 Å². The van der Waals surface area contributed by atoms with Gasteiger partial charge in [-0.25, -0.2) is 4.79 Å². The molecular weight excluding hydrogens is 743 g/mol. The zero-order valence-electron chi connectivity index (χ0n) is 25.0. The molecule has 11 nitrogen and oxygen atoms in total. The number of fused-ring (bicyclic) bond motifs is 1. The molecule has 13 heteroatoms. The molecule has 0 spiro atoms. The van der Waals surface area contributed by atoms with Crippen molar-refractivity contribution in [2.45, 2.75) is 31.2 Å². The van der Waals surface area contributed by atoms with Crippen LogP contribution in [0.5, 0.6) is 11.5 Å². The molecule has 4 aromatic rings. The molecular formula is C34H30ClIN2O9. The van der Waals surface area contributed by atoms with E-state index in [-0.39, 0.29) is 48.8 Å². The Bertz CT molecular complexity index is 1890. The average Bonchev–Trinajstić information content (AvgIpc) is 3.07. The van der Waals surface area contributed by atoms with Crippen LogP contribution in [0.2, 0.25) is 5.02 Å². The van der Waals surface area contributed by atoms with Crippen molar-refractivity contribution in [2.24, 2.45) is 0 Å². The zero-order chi connectivity index (χ0) is 33.7. The molecule has 0 bridgehead atoms. The van der Waals surface area contributed by atoms with E-state index in [4.69, 9.17) is 25.5 Å². The van der Waals surface area contributed by atoms with Gasteiger partial charge in [-0.3, -0.25) is 14.4 Å². The number of benzene rings is 3. The maximum Gasteiger partial charge on any atom is 0.349 e. The van der Waals surface area contributed by atoms with Crippen LogP contribution in [-0.4, -0.2) is 71.7 Å². The molecule has 244 valence electrons. The lowest BCUT2D eigenvalue weighted by Crippen LogP contribution is -2.55. The predicted octanol–water partition coefficient (Wildman–Crippen LogP) is 4.13. The monoisotopic (exact) mass is 772 g/mol. The lowest BCUT2D eigenvalue weighted by Gasteiger charge is -2.40. The van der Waals surface area contributed by atoms with Crippen molar-refractivity contribution in [3.63, 3.8) is 0 Å². The van der Waals surface area contributed by atoms with E-state index in [0.29, 0.717) is 37.0 Å². The lowest BCUT2D eigenvalue weighted by atomic mass is 9.87. The number of aliphatic hydroxyl groups is 2. The van der Waals surface area contributed by atoms with Gasteiger partial charge in [0.05, 0.1) is 23.3 Å². The fourth-order valence-electron chi connectivity index (χ4n) is 5.33. The number of nitrogens with zero attached hydrogens (tertiary/aromatic N) is 1. The Kier molecular flexibility index (Phi) is 11.0. The van der Waals surface area contributed by atoms with Crippen molar-refractivity contribution < 1.29 is 38.5 Å². The van der Waals surface area contributed by atoms with Gasteiger partial charge in [-0.15, -0.1) is 0 Å². The van der Waals surface area contributed by atoms with Crippen LogP contribution in [-0.2, 0) is 11.3 Å². The first-order chi connectivity index (χ1) is 22.6. The van der Waals surface area contributed by atoms with Crippen LogP contribution in [0.4, 0.5) is 0 Å². The second kappa shape index (κ2) is 15.1. The minimum atomic E-state index is -1.42. The van der Waals surface area contributed by atoms with Gasteiger partial charge in [-0.1, -0.05) is 41.9 Å². The molecule has 3 atom stereocenters. The number of rotatable bonds is 11. The summed E-state index contributed by atoms with van der Waals surface area (Å²) in [6.45, 7) is -0.404. The Morgan fingerprint density at radius 1 is 1.15 bits per heavy atom. The summed E-state index contributed by atoms with van der Waals surface area (Å²) >= 11 is 8.08. The van der Waals surface area contributed by atoms with Crippen molar-refractivity contribution >= 4 is 63.3 Å². The normalized spacial score (nSPS) is 17.5.